The lowest BCUT2D eigenvalue weighted by Gasteiger charge is -2.12. The third-order valence-electron chi connectivity index (χ3n) is 3.72. The van der Waals surface area contributed by atoms with E-state index in [1.165, 1.54) is 11.1 Å². The van der Waals surface area contributed by atoms with Crippen LogP contribution in [0, 0.1) is 17.5 Å². The molecule has 20 heavy (non-hydrogen) atoms. The minimum absolute atomic E-state index is 0.153. The molecule has 2 aromatic carbocycles. The van der Waals surface area contributed by atoms with Gasteiger partial charge in [0, 0.05) is 24.2 Å². The SMILES string of the molecule is Fc1cc(F)c(CNC2Cc3ccccc3C2)cc1F. The van der Waals surface area contributed by atoms with Gasteiger partial charge < -0.3 is 5.32 Å². The van der Waals surface area contributed by atoms with E-state index in [0.717, 1.165) is 18.9 Å². The van der Waals surface area contributed by atoms with Crippen LogP contribution in [-0.4, -0.2) is 6.04 Å². The van der Waals surface area contributed by atoms with E-state index < -0.39 is 17.5 Å². The molecule has 1 N–H and O–H groups in total. The summed E-state index contributed by atoms with van der Waals surface area (Å²) in [5.41, 5.74) is 2.73. The zero-order valence-electron chi connectivity index (χ0n) is 10.8. The van der Waals surface area contributed by atoms with Gasteiger partial charge in [-0.25, -0.2) is 13.2 Å². The second kappa shape index (κ2) is 5.29. The molecule has 0 aliphatic heterocycles. The van der Waals surface area contributed by atoms with E-state index in [-0.39, 0.29) is 18.2 Å². The van der Waals surface area contributed by atoms with Crippen LogP contribution in [0.2, 0.25) is 0 Å². The third kappa shape index (κ3) is 2.56. The van der Waals surface area contributed by atoms with E-state index in [1.54, 1.807) is 0 Å². The number of nitrogens with one attached hydrogen (secondary N) is 1. The Hall–Kier alpha value is -1.81. The molecule has 0 bridgehead atoms. The molecule has 1 aliphatic rings. The number of fused-ring (bicyclic) bond motifs is 1. The number of rotatable bonds is 3. The number of hydrogen-bond acceptors (Lipinski definition) is 1. The first-order valence-corrected chi connectivity index (χ1v) is 6.57. The second-order valence-corrected chi connectivity index (χ2v) is 5.11. The lowest BCUT2D eigenvalue weighted by atomic mass is 10.1. The molecule has 3 rings (SSSR count). The van der Waals surface area contributed by atoms with Gasteiger partial charge in [0.25, 0.3) is 0 Å². The third-order valence-corrected chi connectivity index (χ3v) is 3.72. The molecule has 104 valence electrons. The summed E-state index contributed by atoms with van der Waals surface area (Å²) in [6.45, 7) is 0.196. The molecular weight excluding hydrogens is 263 g/mol. The quantitative estimate of drug-likeness (QED) is 0.848. The van der Waals surface area contributed by atoms with Gasteiger partial charge in [-0.2, -0.15) is 0 Å². The van der Waals surface area contributed by atoms with Crippen molar-refractivity contribution in [2.75, 3.05) is 0 Å². The highest BCUT2D eigenvalue weighted by Gasteiger charge is 2.20. The molecule has 0 radical (unpaired) electrons. The van der Waals surface area contributed by atoms with Crippen LogP contribution >= 0.6 is 0 Å². The minimum atomic E-state index is -1.15. The Morgan fingerprint density at radius 2 is 1.50 bits per heavy atom. The Morgan fingerprint density at radius 1 is 0.900 bits per heavy atom. The van der Waals surface area contributed by atoms with Crippen LogP contribution in [0.4, 0.5) is 13.2 Å². The van der Waals surface area contributed by atoms with Gasteiger partial charge in [0.15, 0.2) is 11.6 Å². The summed E-state index contributed by atoms with van der Waals surface area (Å²) < 4.78 is 39.5. The van der Waals surface area contributed by atoms with Crippen molar-refractivity contribution in [1.29, 1.82) is 0 Å². The maximum absolute atomic E-state index is 13.5. The smallest absolute Gasteiger partial charge is 0.161 e. The molecule has 0 fully saturated rings. The predicted molar refractivity (Wildman–Crippen MR) is 70.8 cm³/mol. The molecule has 0 amide bonds. The van der Waals surface area contributed by atoms with E-state index in [4.69, 9.17) is 0 Å². The summed E-state index contributed by atoms with van der Waals surface area (Å²) in [5.74, 6) is -2.88. The van der Waals surface area contributed by atoms with Gasteiger partial charge in [0.1, 0.15) is 5.82 Å². The molecule has 0 heterocycles. The van der Waals surface area contributed by atoms with Crippen LogP contribution in [0.5, 0.6) is 0 Å². The van der Waals surface area contributed by atoms with Crippen molar-refractivity contribution in [2.45, 2.75) is 25.4 Å². The summed E-state index contributed by atoms with van der Waals surface area (Å²) in [4.78, 5) is 0. The van der Waals surface area contributed by atoms with Gasteiger partial charge in [0.2, 0.25) is 0 Å². The molecule has 0 aromatic heterocycles. The molecule has 0 atom stereocenters. The van der Waals surface area contributed by atoms with Gasteiger partial charge in [-0.3, -0.25) is 0 Å². The average molecular weight is 277 g/mol. The highest BCUT2D eigenvalue weighted by molar-refractivity contribution is 5.33. The average Bonchev–Trinajstić information content (AvgIpc) is 2.84. The van der Waals surface area contributed by atoms with Crippen LogP contribution in [0.1, 0.15) is 16.7 Å². The van der Waals surface area contributed by atoms with Crippen LogP contribution in [0.3, 0.4) is 0 Å². The number of benzene rings is 2. The van der Waals surface area contributed by atoms with E-state index in [9.17, 15) is 13.2 Å². The van der Waals surface area contributed by atoms with Crippen molar-refractivity contribution in [3.63, 3.8) is 0 Å². The summed E-state index contributed by atoms with van der Waals surface area (Å²) >= 11 is 0. The van der Waals surface area contributed by atoms with Gasteiger partial charge in [-0.05, 0) is 30.0 Å². The first-order chi connectivity index (χ1) is 9.63. The van der Waals surface area contributed by atoms with E-state index >= 15 is 0 Å². The molecule has 1 nitrogen and oxygen atoms in total. The van der Waals surface area contributed by atoms with Crippen molar-refractivity contribution < 1.29 is 13.2 Å². The highest BCUT2D eigenvalue weighted by Crippen LogP contribution is 2.22. The first kappa shape index (κ1) is 13.2. The predicted octanol–water partition coefficient (Wildman–Crippen LogP) is 3.36. The fourth-order valence-corrected chi connectivity index (χ4v) is 2.66. The van der Waals surface area contributed by atoms with Crippen LogP contribution in [0.25, 0.3) is 0 Å². The molecular formula is C16H14F3N. The fraction of sp³-hybridized carbons (Fsp3) is 0.250. The van der Waals surface area contributed by atoms with Crippen LogP contribution in [0.15, 0.2) is 36.4 Å². The van der Waals surface area contributed by atoms with E-state index in [0.29, 0.717) is 6.07 Å². The number of halogens is 3. The normalized spacial score (nSPS) is 14.6. The van der Waals surface area contributed by atoms with E-state index in [2.05, 4.69) is 17.4 Å². The van der Waals surface area contributed by atoms with Crippen LogP contribution < -0.4 is 5.32 Å². The van der Waals surface area contributed by atoms with Crippen molar-refractivity contribution >= 4 is 0 Å². The second-order valence-electron chi connectivity index (χ2n) is 5.11. The standard InChI is InChI=1S/C16H14F3N/c17-14-8-16(19)15(18)7-12(14)9-20-13-5-10-3-1-2-4-11(10)6-13/h1-4,7-8,13,20H,5-6,9H2. The fourth-order valence-electron chi connectivity index (χ4n) is 2.66. The van der Waals surface area contributed by atoms with Crippen molar-refractivity contribution in [1.82, 2.24) is 5.32 Å². The Bertz CT molecular complexity index is 615. The molecule has 0 saturated carbocycles. The highest BCUT2D eigenvalue weighted by atomic mass is 19.2. The van der Waals surface area contributed by atoms with Gasteiger partial charge in [0.05, 0.1) is 0 Å². The summed E-state index contributed by atoms with van der Waals surface area (Å²) in [5, 5.41) is 3.20. The van der Waals surface area contributed by atoms with Gasteiger partial charge in [-0.1, -0.05) is 24.3 Å². The molecule has 0 saturated heterocycles. The summed E-state index contributed by atoms with van der Waals surface area (Å²) in [6, 6.07) is 9.87. The Balaban J connectivity index is 1.66. The largest absolute Gasteiger partial charge is 0.309 e. The monoisotopic (exact) mass is 277 g/mol. The van der Waals surface area contributed by atoms with Crippen LogP contribution in [-0.2, 0) is 19.4 Å². The molecule has 0 unspecified atom stereocenters. The molecule has 0 spiro atoms. The summed E-state index contributed by atoms with van der Waals surface area (Å²) in [7, 11) is 0. The maximum Gasteiger partial charge on any atom is 0.161 e. The zero-order chi connectivity index (χ0) is 14.1. The Morgan fingerprint density at radius 3 is 2.15 bits per heavy atom. The Labute approximate surface area is 115 Å². The van der Waals surface area contributed by atoms with Crippen molar-refractivity contribution in [3.05, 3.63) is 70.5 Å². The zero-order valence-corrected chi connectivity index (χ0v) is 10.8. The van der Waals surface area contributed by atoms with E-state index in [1.807, 2.05) is 12.1 Å². The Kier molecular flexibility index (Phi) is 3.49. The maximum atomic E-state index is 13.5. The molecule has 4 heteroatoms. The minimum Gasteiger partial charge on any atom is -0.309 e. The number of hydrogen-bond donors (Lipinski definition) is 1. The van der Waals surface area contributed by atoms with Gasteiger partial charge in [-0.15, -0.1) is 0 Å². The van der Waals surface area contributed by atoms with Crippen molar-refractivity contribution in [2.24, 2.45) is 0 Å². The lowest BCUT2D eigenvalue weighted by molar-refractivity contribution is 0.477. The summed E-state index contributed by atoms with van der Waals surface area (Å²) in [6.07, 6.45) is 1.75. The topological polar surface area (TPSA) is 12.0 Å². The lowest BCUT2D eigenvalue weighted by Crippen LogP contribution is -2.29. The van der Waals surface area contributed by atoms with Crippen molar-refractivity contribution in [3.8, 4) is 0 Å². The molecule has 1 aliphatic carbocycles. The van der Waals surface area contributed by atoms with Gasteiger partial charge >= 0.3 is 0 Å². The molecule has 2 aromatic rings. The first-order valence-electron chi connectivity index (χ1n) is 6.57.